The molecule has 2 aromatic carbocycles. The van der Waals surface area contributed by atoms with Crippen molar-refractivity contribution in [3.63, 3.8) is 0 Å². The second-order valence-electron chi connectivity index (χ2n) is 8.82. The highest BCUT2D eigenvalue weighted by atomic mass is 35.5. The number of hydrogen-bond acceptors (Lipinski definition) is 6. The summed E-state index contributed by atoms with van der Waals surface area (Å²) in [5.41, 5.74) is 1.13. The van der Waals surface area contributed by atoms with Gasteiger partial charge >= 0.3 is 5.79 Å². The monoisotopic (exact) mass is 536 g/mol. The van der Waals surface area contributed by atoms with E-state index < -0.39 is 17.0 Å². The molecule has 3 aromatic rings. The van der Waals surface area contributed by atoms with Crippen LogP contribution in [0.15, 0.2) is 52.2 Å². The zero-order valence-electron chi connectivity index (χ0n) is 18.1. The number of ether oxygens (including phenoxy) is 1. The zero-order chi connectivity index (χ0) is 24.4. The Morgan fingerprint density at radius 2 is 1.41 bits per heavy atom. The first kappa shape index (κ1) is 23.2. The van der Waals surface area contributed by atoms with Gasteiger partial charge in [-0.1, -0.05) is 84.5 Å². The van der Waals surface area contributed by atoms with Gasteiger partial charge < -0.3 is 14.1 Å². The number of nitrogens with zero attached hydrogens (tertiary/aromatic N) is 2. The van der Waals surface area contributed by atoms with Gasteiger partial charge in [0.15, 0.2) is 5.76 Å². The van der Waals surface area contributed by atoms with Crippen molar-refractivity contribution in [3.05, 3.63) is 79.5 Å². The number of oxime groups is 1. The third-order valence-electron chi connectivity index (χ3n) is 5.51. The molecule has 0 radical (unpaired) electrons. The molecule has 1 aliphatic heterocycles. The first-order chi connectivity index (χ1) is 16.0. The van der Waals surface area contributed by atoms with Gasteiger partial charge in [-0.05, 0) is 34.8 Å². The lowest BCUT2D eigenvalue weighted by atomic mass is 9.77. The van der Waals surface area contributed by atoms with Crippen LogP contribution >= 0.6 is 46.4 Å². The predicted octanol–water partition coefficient (Wildman–Crippen LogP) is 7.69. The van der Waals surface area contributed by atoms with Crippen molar-refractivity contribution in [1.82, 2.24) is 5.16 Å². The molecule has 0 saturated heterocycles. The molecule has 5 rings (SSSR count). The zero-order valence-corrected chi connectivity index (χ0v) is 21.1. The maximum absolute atomic E-state index is 13.9. The Morgan fingerprint density at radius 3 is 1.97 bits per heavy atom. The van der Waals surface area contributed by atoms with Crippen LogP contribution in [0.2, 0.25) is 20.1 Å². The number of fused-ring (bicyclic) bond motifs is 1. The van der Waals surface area contributed by atoms with Crippen LogP contribution < -0.4 is 0 Å². The molecule has 2 heterocycles. The fourth-order valence-corrected chi connectivity index (χ4v) is 5.00. The number of hydrogen-bond donors (Lipinski definition) is 0. The molecule has 0 N–H and O–H groups in total. The van der Waals surface area contributed by atoms with E-state index in [9.17, 15) is 4.79 Å². The van der Waals surface area contributed by atoms with Crippen LogP contribution in [0, 0.1) is 5.41 Å². The van der Waals surface area contributed by atoms with Crippen molar-refractivity contribution >= 4 is 63.7 Å². The second kappa shape index (κ2) is 8.02. The minimum Gasteiger partial charge on any atom is -0.419 e. The van der Waals surface area contributed by atoms with Crippen molar-refractivity contribution < 1.29 is 18.9 Å². The third-order valence-corrected chi connectivity index (χ3v) is 6.77. The molecule has 1 atom stereocenters. The van der Waals surface area contributed by atoms with E-state index in [4.69, 9.17) is 60.5 Å². The molecule has 1 spiro atoms. The molecule has 34 heavy (non-hydrogen) atoms. The minimum absolute atomic E-state index is 0.0225. The van der Waals surface area contributed by atoms with Crippen LogP contribution in [0.25, 0.3) is 16.8 Å². The van der Waals surface area contributed by atoms with Crippen molar-refractivity contribution in [2.24, 2.45) is 10.6 Å². The number of carbonyl (C=O) groups excluding carboxylic acids is 1. The lowest BCUT2D eigenvalue weighted by Crippen LogP contribution is -2.43. The van der Waals surface area contributed by atoms with E-state index in [1.807, 2.05) is 20.8 Å². The first-order valence-corrected chi connectivity index (χ1v) is 11.7. The Morgan fingerprint density at radius 1 is 0.853 bits per heavy atom. The lowest BCUT2D eigenvalue weighted by molar-refractivity contribution is -0.0869. The fraction of sp³-hybridized carbons (Fsp3) is 0.208. The number of rotatable bonds is 2. The van der Waals surface area contributed by atoms with Crippen LogP contribution in [-0.4, -0.2) is 22.6 Å². The van der Waals surface area contributed by atoms with Crippen molar-refractivity contribution in [1.29, 1.82) is 0 Å². The van der Waals surface area contributed by atoms with E-state index in [2.05, 4.69) is 10.3 Å². The fourth-order valence-electron chi connectivity index (χ4n) is 3.86. The topological polar surface area (TPSA) is 73.9 Å². The Bertz CT molecular complexity index is 1380. The predicted molar refractivity (Wildman–Crippen MR) is 132 cm³/mol. The van der Waals surface area contributed by atoms with Gasteiger partial charge in [-0.2, -0.15) is 0 Å². The van der Waals surface area contributed by atoms with Gasteiger partial charge in [0.05, 0.1) is 25.7 Å². The minimum atomic E-state index is -1.92. The first-order valence-electron chi connectivity index (χ1n) is 10.2. The summed E-state index contributed by atoms with van der Waals surface area (Å²) >= 11 is 25.5. The Balaban J connectivity index is 1.68. The molecule has 10 heteroatoms. The Kier molecular flexibility index (Phi) is 5.48. The van der Waals surface area contributed by atoms with Crippen LogP contribution in [0.3, 0.4) is 0 Å². The van der Waals surface area contributed by atoms with E-state index in [1.54, 1.807) is 42.5 Å². The number of Topliss-reactive ketones (excluding diaryl/α,β-unsaturated/α-hetero) is 1. The molecule has 1 unspecified atom stereocenters. The average Bonchev–Trinajstić information content (AvgIpc) is 3.36. The molecule has 6 nitrogen and oxygen atoms in total. The maximum atomic E-state index is 13.9. The van der Waals surface area contributed by atoms with Crippen molar-refractivity contribution in [2.45, 2.75) is 26.6 Å². The number of carbonyl (C=O) groups is 1. The van der Waals surface area contributed by atoms with Gasteiger partial charge in [0.25, 0.3) is 11.7 Å². The number of allylic oxidation sites excluding steroid dienone is 1. The lowest BCUT2D eigenvalue weighted by Gasteiger charge is -2.31. The largest absolute Gasteiger partial charge is 0.419 e. The summed E-state index contributed by atoms with van der Waals surface area (Å²) in [7, 11) is 0. The van der Waals surface area contributed by atoms with Crippen molar-refractivity contribution in [2.75, 3.05) is 0 Å². The van der Waals surface area contributed by atoms with E-state index in [1.165, 1.54) is 0 Å². The summed E-state index contributed by atoms with van der Waals surface area (Å²) < 4.78 is 11.7. The molecular weight excluding hydrogens is 522 g/mol. The molecule has 0 saturated carbocycles. The van der Waals surface area contributed by atoms with Gasteiger partial charge in [-0.3, -0.25) is 4.79 Å². The highest BCUT2D eigenvalue weighted by Crippen LogP contribution is 2.49. The number of ketones is 1. The molecule has 0 fully saturated rings. The Labute approximate surface area is 215 Å². The van der Waals surface area contributed by atoms with Crippen molar-refractivity contribution in [3.8, 4) is 11.3 Å². The van der Waals surface area contributed by atoms with Crippen LogP contribution in [0.1, 0.15) is 42.5 Å². The normalized spacial score (nSPS) is 19.4. The van der Waals surface area contributed by atoms with Gasteiger partial charge in [-0.25, -0.2) is 0 Å². The van der Waals surface area contributed by atoms with E-state index in [-0.39, 0.29) is 22.9 Å². The molecular formula is C24H16Cl4N2O4. The summed E-state index contributed by atoms with van der Waals surface area (Å²) in [4.78, 5) is 19.6. The smallest absolute Gasteiger partial charge is 0.362 e. The summed E-state index contributed by atoms with van der Waals surface area (Å²) in [5.74, 6) is -2.23. The molecule has 0 amide bonds. The number of benzene rings is 2. The number of halogens is 4. The van der Waals surface area contributed by atoms with Gasteiger partial charge in [0, 0.05) is 17.2 Å². The second-order valence-corrected chi connectivity index (χ2v) is 10.5. The van der Waals surface area contributed by atoms with E-state index in [0.717, 1.165) is 0 Å². The molecule has 1 aliphatic carbocycles. The summed E-state index contributed by atoms with van der Waals surface area (Å²) in [5, 5.41) is 9.40. The summed E-state index contributed by atoms with van der Waals surface area (Å²) in [6, 6.07) is 9.95. The maximum Gasteiger partial charge on any atom is 0.362 e. The average molecular weight is 538 g/mol. The Hall–Kier alpha value is -2.51. The highest BCUT2D eigenvalue weighted by molar-refractivity contribution is 6.40. The van der Waals surface area contributed by atoms with Gasteiger partial charge in [-0.15, -0.1) is 0 Å². The highest BCUT2D eigenvalue weighted by Gasteiger charge is 2.55. The molecule has 2 aliphatic rings. The van der Waals surface area contributed by atoms with Gasteiger partial charge in [0.1, 0.15) is 11.3 Å². The molecule has 1 aromatic heterocycles. The molecule has 0 bridgehead atoms. The summed E-state index contributed by atoms with van der Waals surface area (Å²) in [6.07, 6.45) is 1.54. The standard InChI is InChI=1S/C24H16Cl4N2O4/c1-23(2,3)11-10-24(32-22(30-34-24)17-14(27)8-5-9-15(17)28)21(31)18-19(29-33-20(11)18)16-12(25)6-4-7-13(16)26/h4-10H,1-3H3. The molecule has 174 valence electrons. The van der Waals surface area contributed by atoms with Crippen LogP contribution in [-0.2, 0) is 9.57 Å². The number of aromatic nitrogens is 1. The SMILES string of the molecule is CC(C)(C)C1=CC2(ON=C(c3c(Cl)cccc3Cl)O2)C(=O)c2c(-c3c(Cl)cccc3Cl)noc21. The van der Waals surface area contributed by atoms with E-state index >= 15 is 0 Å². The van der Waals surface area contributed by atoms with Crippen LogP contribution in [0.5, 0.6) is 0 Å². The van der Waals surface area contributed by atoms with Crippen LogP contribution in [0.4, 0.5) is 0 Å². The van der Waals surface area contributed by atoms with E-state index in [0.29, 0.717) is 36.8 Å². The van der Waals surface area contributed by atoms with Gasteiger partial charge in [0.2, 0.25) is 0 Å². The summed E-state index contributed by atoms with van der Waals surface area (Å²) in [6.45, 7) is 5.87. The third kappa shape index (κ3) is 3.52. The quantitative estimate of drug-likeness (QED) is 0.335.